The number of carbonyl (C=O) groups excluding carboxylic acids is 4. The highest BCUT2D eigenvalue weighted by Crippen LogP contribution is 2.23. The van der Waals surface area contributed by atoms with E-state index in [1.54, 1.807) is 12.1 Å². The molecule has 2 heterocycles. The van der Waals surface area contributed by atoms with Crippen molar-refractivity contribution in [3.63, 3.8) is 0 Å². The molecule has 0 spiro atoms. The Labute approximate surface area is 136 Å². The summed E-state index contributed by atoms with van der Waals surface area (Å²) in [4.78, 5) is 56.7. The fourth-order valence-corrected chi connectivity index (χ4v) is 2.18. The molecule has 1 aromatic carbocycles. The van der Waals surface area contributed by atoms with Gasteiger partial charge in [-0.05, 0) is 24.3 Å². The van der Waals surface area contributed by atoms with Crippen LogP contribution in [0.4, 0.5) is 0 Å². The molecule has 0 radical (unpaired) electrons. The van der Waals surface area contributed by atoms with Crippen molar-refractivity contribution in [3.05, 3.63) is 65.0 Å². The molecule has 1 aromatic heterocycles. The lowest BCUT2D eigenvalue weighted by Gasteiger charge is -2.12. The highest BCUT2D eigenvalue weighted by molar-refractivity contribution is 6.21. The number of pyridine rings is 1. The van der Waals surface area contributed by atoms with Crippen molar-refractivity contribution in [1.82, 2.24) is 15.4 Å². The summed E-state index contributed by atoms with van der Waals surface area (Å²) in [6, 6.07) is 10.3. The van der Waals surface area contributed by atoms with Crippen LogP contribution in [0.2, 0.25) is 0 Å². The van der Waals surface area contributed by atoms with Gasteiger partial charge >= 0.3 is 5.97 Å². The molecule has 3 rings (SSSR count). The minimum absolute atomic E-state index is 0.00862. The summed E-state index contributed by atoms with van der Waals surface area (Å²) in [6.07, 6.45) is 0. The molecule has 120 valence electrons. The van der Waals surface area contributed by atoms with Gasteiger partial charge in [0, 0.05) is 7.05 Å². The maximum Gasteiger partial charge on any atom is 0.382 e. The van der Waals surface area contributed by atoms with E-state index in [1.165, 1.54) is 37.4 Å². The molecule has 24 heavy (non-hydrogen) atoms. The molecule has 8 nitrogen and oxygen atoms in total. The van der Waals surface area contributed by atoms with Crippen LogP contribution in [0.1, 0.15) is 41.7 Å². The SMILES string of the molecule is CNC(=O)c1cccc(C(=O)ON2C(=O)c3ccccc3C2=O)n1. The Kier molecular flexibility index (Phi) is 3.78. The summed E-state index contributed by atoms with van der Waals surface area (Å²) in [6.45, 7) is 0. The van der Waals surface area contributed by atoms with Crippen molar-refractivity contribution in [1.29, 1.82) is 0 Å². The van der Waals surface area contributed by atoms with Crippen LogP contribution >= 0.6 is 0 Å². The number of nitrogens with zero attached hydrogens (tertiary/aromatic N) is 2. The molecule has 0 atom stereocenters. The molecular weight excluding hydrogens is 314 g/mol. The predicted molar refractivity (Wildman–Crippen MR) is 80.0 cm³/mol. The van der Waals surface area contributed by atoms with E-state index in [-0.39, 0.29) is 22.5 Å². The molecule has 0 fully saturated rings. The summed E-state index contributed by atoms with van der Waals surface area (Å²) in [5.74, 6) is -2.96. The summed E-state index contributed by atoms with van der Waals surface area (Å²) in [5, 5.41) is 2.76. The normalized spacial score (nSPS) is 12.8. The second kappa shape index (κ2) is 5.92. The van der Waals surface area contributed by atoms with Crippen molar-refractivity contribution in [2.45, 2.75) is 0 Å². The minimum Gasteiger partial charge on any atom is -0.354 e. The molecule has 2 aromatic rings. The van der Waals surface area contributed by atoms with Crippen molar-refractivity contribution in [2.24, 2.45) is 0 Å². The van der Waals surface area contributed by atoms with Crippen LogP contribution < -0.4 is 5.32 Å². The van der Waals surface area contributed by atoms with Gasteiger partial charge in [-0.3, -0.25) is 14.4 Å². The number of hydrogen-bond acceptors (Lipinski definition) is 6. The maximum absolute atomic E-state index is 12.1. The highest BCUT2D eigenvalue weighted by atomic mass is 16.7. The van der Waals surface area contributed by atoms with Crippen LogP contribution in [0.3, 0.4) is 0 Å². The lowest BCUT2D eigenvalue weighted by atomic mass is 10.1. The first-order valence-electron chi connectivity index (χ1n) is 6.92. The first-order chi connectivity index (χ1) is 11.5. The van der Waals surface area contributed by atoms with Crippen LogP contribution in [-0.4, -0.2) is 40.8 Å². The van der Waals surface area contributed by atoms with Crippen LogP contribution in [0.15, 0.2) is 42.5 Å². The molecule has 0 saturated carbocycles. The zero-order valence-corrected chi connectivity index (χ0v) is 12.5. The van der Waals surface area contributed by atoms with E-state index >= 15 is 0 Å². The van der Waals surface area contributed by atoms with Crippen molar-refractivity contribution in [2.75, 3.05) is 7.05 Å². The van der Waals surface area contributed by atoms with Gasteiger partial charge in [0.2, 0.25) is 0 Å². The summed E-state index contributed by atoms with van der Waals surface area (Å²) in [5.41, 5.74) is 0.117. The Morgan fingerprint density at radius 2 is 1.54 bits per heavy atom. The Balaban J connectivity index is 1.83. The largest absolute Gasteiger partial charge is 0.382 e. The maximum atomic E-state index is 12.1. The number of carbonyl (C=O) groups is 4. The third-order valence-electron chi connectivity index (χ3n) is 3.35. The fourth-order valence-electron chi connectivity index (χ4n) is 2.18. The number of nitrogens with one attached hydrogen (secondary N) is 1. The standard InChI is InChI=1S/C16H11N3O5/c1-17-13(20)11-7-4-8-12(18-11)16(23)24-19-14(21)9-5-2-3-6-10(9)15(19)22/h2-8H,1H3,(H,17,20). The number of hydroxylamine groups is 2. The average molecular weight is 325 g/mol. The number of aromatic nitrogens is 1. The fraction of sp³-hybridized carbons (Fsp3) is 0.0625. The lowest BCUT2D eigenvalue weighted by molar-refractivity contribution is -0.0588. The van der Waals surface area contributed by atoms with E-state index in [9.17, 15) is 19.2 Å². The molecule has 3 amide bonds. The van der Waals surface area contributed by atoms with Crippen LogP contribution in [0.25, 0.3) is 0 Å². The second-order valence-corrected chi connectivity index (χ2v) is 4.82. The van der Waals surface area contributed by atoms with Crippen molar-refractivity contribution < 1.29 is 24.0 Å². The van der Waals surface area contributed by atoms with Gasteiger partial charge in [-0.25, -0.2) is 9.78 Å². The summed E-state index contributed by atoms with van der Waals surface area (Å²) < 4.78 is 0. The number of hydrogen-bond donors (Lipinski definition) is 1. The highest BCUT2D eigenvalue weighted by Gasteiger charge is 2.39. The van der Waals surface area contributed by atoms with E-state index in [0.29, 0.717) is 5.06 Å². The van der Waals surface area contributed by atoms with E-state index in [2.05, 4.69) is 10.3 Å². The number of rotatable bonds is 3. The average Bonchev–Trinajstić information content (AvgIpc) is 2.86. The van der Waals surface area contributed by atoms with Gasteiger partial charge < -0.3 is 10.2 Å². The smallest absolute Gasteiger partial charge is 0.354 e. The summed E-state index contributed by atoms with van der Waals surface area (Å²) in [7, 11) is 1.42. The Morgan fingerprint density at radius 3 is 2.12 bits per heavy atom. The quantitative estimate of drug-likeness (QED) is 0.837. The number of benzene rings is 1. The van der Waals surface area contributed by atoms with Crippen LogP contribution in [-0.2, 0) is 4.84 Å². The molecule has 0 saturated heterocycles. The minimum atomic E-state index is -1.02. The first-order valence-corrected chi connectivity index (χ1v) is 6.92. The third-order valence-corrected chi connectivity index (χ3v) is 3.35. The van der Waals surface area contributed by atoms with E-state index in [4.69, 9.17) is 4.84 Å². The van der Waals surface area contributed by atoms with E-state index in [1.807, 2.05) is 0 Å². The van der Waals surface area contributed by atoms with Gasteiger partial charge in [0.25, 0.3) is 17.7 Å². The monoisotopic (exact) mass is 325 g/mol. The Morgan fingerprint density at radius 1 is 0.958 bits per heavy atom. The van der Waals surface area contributed by atoms with Crippen molar-refractivity contribution >= 4 is 23.7 Å². The molecule has 1 aliphatic rings. The molecule has 1 N–H and O–H groups in total. The summed E-state index contributed by atoms with van der Waals surface area (Å²) >= 11 is 0. The van der Waals surface area contributed by atoms with Crippen molar-refractivity contribution in [3.8, 4) is 0 Å². The first kappa shape index (κ1) is 15.3. The Bertz CT molecular complexity index is 843. The lowest BCUT2D eigenvalue weighted by Crippen LogP contribution is -2.33. The zero-order valence-electron chi connectivity index (χ0n) is 12.5. The predicted octanol–water partition coefficient (Wildman–Crippen LogP) is 0.809. The molecule has 1 aliphatic heterocycles. The number of fused-ring (bicyclic) bond motifs is 1. The van der Waals surface area contributed by atoms with E-state index < -0.39 is 23.7 Å². The topological polar surface area (TPSA) is 106 Å². The number of amides is 3. The van der Waals surface area contributed by atoms with Crippen LogP contribution in [0, 0.1) is 0 Å². The molecular formula is C16H11N3O5. The van der Waals surface area contributed by atoms with Crippen LogP contribution in [0.5, 0.6) is 0 Å². The molecule has 0 bridgehead atoms. The third kappa shape index (κ3) is 2.50. The Hall–Kier alpha value is -3.55. The van der Waals surface area contributed by atoms with Gasteiger partial charge in [-0.2, -0.15) is 0 Å². The number of imide groups is 1. The van der Waals surface area contributed by atoms with Gasteiger partial charge in [-0.1, -0.05) is 23.3 Å². The van der Waals surface area contributed by atoms with Gasteiger partial charge in [-0.15, -0.1) is 0 Å². The van der Waals surface area contributed by atoms with Gasteiger partial charge in [0.15, 0.2) is 5.69 Å². The molecule has 0 aliphatic carbocycles. The zero-order chi connectivity index (χ0) is 17.3. The van der Waals surface area contributed by atoms with E-state index in [0.717, 1.165) is 0 Å². The second-order valence-electron chi connectivity index (χ2n) is 4.82. The molecule has 0 unspecified atom stereocenters. The van der Waals surface area contributed by atoms with Gasteiger partial charge in [0.1, 0.15) is 5.69 Å². The molecule has 8 heteroatoms. The van der Waals surface area contributed by atoms with Gasteiger partial charge in [0.05, 0.1) is 11.1 Å².